The van der Waals surface area contributed by atoms with Crippen molar-refractivity contribution in [3.8, 4) is 56.4 Å². The van der Waals surface area contributed by atoms with Gasteiger partial charge in [0.15, 0.2) is 17.5 Å². The molecule has 2 heterocycles. The Balaban J connectivity index is 1.18. The van der Waals surface area contributed by atoms with Gasteiger partial charge in [-0.1, -0.05) is 176 Å². The summed E-state index contributed by atoms with van der Waals surface area (Å²) in [5, 5.41) is 0.252. The summed E-state index contributed by atoms with van der Waals surface area (Å²) in [5.74, 6) is 0.0342. The average molecular weight is 744 g/mol. The van der Waals surface area contributed by atoms with Crippen LogP contribution in [0.25, 0.3) is 76.6 Å². The number of aromatic nitrogens is 3. The highest BCUT2D eigenvalue weighted by Gasteiger charge is 2.47. The topological polar surface area (TPSA) is 38.7 Å². The number of benzene rings is 8. The maximum absolute atomic E-state index is 9.48. The Bertz CT molecular complexity index is 3720. The zero-order valence-corrected chi connectivity index (χ0v) is 30.2. The molecule has 0 saturated carbocycles. The zero-order chi connectivity index (χ0) is 47.5. The summed E-state index contributed by atoms with van der Waals surface area (Å²) in [7, 11) is 0. The van der Waals surface area contributed by atoms with Crippen LogP contribution in [-0.2, 0) is 5.41 Å². The standard InChI is InChI=1S/C52H33N3S/c1-4-16-34(17-5-1)49-53-50(37-19-14-18-35(32-37)36-30-31-47-43(33-36)40-24-11-13-29-46(40)56-47)55-51(54-49)42-26-15-28-45-48(42)41-25-10-12-27-44(41)52(45,38-20-6-2-7-21-38)39-22-8-3-9-23-39/h1-33H/i1D,4D,5D,11D,13D,16D,17D,24D,29D,30D,31D,33D. The Morgan fingerprint density at radius 2 is 1.04 bits per heavy atom. The van der Waals surface area contributed by atoms with Gasteiger partial charge in [-0.3, -0.25) is 0 Å². The molecule has 0 N–H and O–H groups in total. The number of thiophene rings is 1. The van der Waals surface area contributed by atoms with E-state index in [9.17, 15) is 2.74 Å². The van der Waals surface area contributed by atoms with Crippen LogP contribution < -0.4 is 0 Å². The number of hydrogen-bond donors (Lipinski definition) is 0. The summed E-state index contributed by atoms with van der Waals surface area (Å²) >= 11 is 0.955. The molecule has 0 saturated heterocycles. The maximum Gasteiger partial charge on any atom is 0.164 e. The quantitative estimate of drug-likeness (QED) is 0.170. The second kappa shape index (κ2) is 13.1. The van der Waals surface area contributed by atoms with Gasteiger partial charge in [0.05, 0.1) is 21.9 Å². The highest BCUT2D eigenvalue weighted by Crippen LogP contribution is 2.58. The van der Waals surface area contributed by atoms with E-state index in [-0.39, 0.29) is 79.0 Å². The van der Waals surface area contributed by atoms with Crippen molar-refractivity contribution in [1.82, 2.24) is 15.0 Å². The number of fused-ring (bicyclic) bond motifs is 6. The Hall–Kier alpha value is -7.01. The SMILES string of the molecule is [2H]c1c([2H])c([2H])c(-c2nc(-c3cccc(-c4c([2H])c([2H])c5sc6c([2H])c([2H])c([2H])c([2H])c6c5c4[2H])c3)nc(-c3cccc4c3-c3ccccc3C4(c3ccccc3)c3ccccc3)n2)c([2H])c1[2H]. The van der Waals surface area contributed by atoms with Crippen LogP contribution in [0.4, 0.5) is 0 Å². The van der Waals surface area contributed by atoms with Crippen LogP contribution >= 0.6 is 11.3 Å². The molecule has 0 bridgehead atoms. The summed E-state index contributed by atoms with van der Waals surface area (Å²) < 4.78 is 105. The number of rotatable bonds is 6. The van der Waals surface area contributed by atoms with Gasteiger partial charge in [0.2, 0.25) is 0 Å². The molecule has 262 valence electrons. The van der Waals surface area contributed by atoms with E-state index >= 15 is 0 Å². The lowest BCUT2D eigenvalue weighted by atomic mass is 9.67. The zero-order valence-electron chi connectivity index (χ0n) is 41.4. The maximum atomic E-state index is 9.48. The molecule has 2 aromatic heterocycles. The van der Waals surface area contributed by atoms with Gasteiger partial charge < -0.3 is 0 Å². The molecule has 0 amide bonds. The minimum Gasteiger partial charge on any atom is -0.208 e. The Morgan fingerprint density at radius 1 is 0.429 bits per heavy atom. The number of hydrogen-bond acceptors (Lipinski definition) is 4. The van der Waals surface area contributed by atoms with Crippen molar-refractivity contribution >= 4 is 31.5 Å². The molecule has 1 aliphatic carbocycles. The monoisotopic (exact) mass is 743 g/mol. The van der Waals surface area contributed by atoms with Crippen molar-refractivity contribution in [3.05, 3.63) is 222 Å². The molecule has 3 nitrogen and oxygen atoms in total. The Kier molecular flexibility index (Phi) is 5.23. The molecule has 4 heteroatoms. The minimum atomic E-state index is -0.771. The predicted octanol–water partition coefficient (Wildman–Crippen LogP) is 13.3. The minimum absolute atomic E-state index is 0.0484. The van der Waals surface area contributed by atoms with Crippen LogP contribution in [0.1, 0.15) is 38.7 Å². The molecule has 0 unspecified atom stereocenters. The first-order chi connectivity index (χ1) is 32.7. The van der Waals surface area contributed by atoms with Crippen LogP contribution in [0, 0.1) is 0 Å². The third kappa shape index (κ3) is 5.07. The molecule has 10 aromatic rings. The average Bonchev–Trinajstić information content (AvgIpc) is 3.92. The van der Waals surface area contributed by atoms with Gasteiger partial charge in [0.1, 0.15) is 0 Å². The summed E-state index contributed by atoms with van der Waals surface area (Å²) in [6, 6.07) is 36.4. The van der Waals surface area contributed by atoms with Crippen molar-refractivity contribution in [3.63, 3.8) is 0 Å². The highest BCUT2D eigenvalue weighted by molar-refractivity contribution is 7.25. The van der Waals surface area contributed by atoms with E-state index < -0.39 is 47.7 Å². The highest BCUT2D eigenvalue weighted by atomic mass is 32.1. The smallest absolute Gasteiger partial charge is 0.164 e. The number of nitrogens with zero attached hydrogens (tertiary/aromatic N) is 3. The van der Waals surface area contributed by atoms with Gasteiger partial charge in [-0.2, -0.15) is 0 Å². The van der Waals surface area contributed by atoms with E-state index in [1.54, 1.807) is 24.3 Å². The fourth-order valence-electron chi connectivity index (χ4n) is 8.04. The molecule has 11 rings (SSSR count). The van der Waals surface area contributed by atoms with Crippen molar-refractivity contribution in [1.29, 1.82) is 0 Å². The first kappa shape index (κ1) is 22.4. The molecule has 0 spiro atoms. The Labute approximate surface area is 346 Å². The van der Waals surface area contributed by atoms with Crippen LogP contribution in [-0.4, -0.2) is 15.0 Å². The molecule has 0 atom stereocenters. The third-order valence-corrected chi connectivity index (χ3v) is 11.4. The van der Waals surface area contributed by atoms with Crippen LogP contribution in [0.5, 0.6) is 0 Å². The van der Waals surface area contributed by atoms with E-state index in [1.807, 2.05) is 60.7 Å². The van der Waals surface area contributed by atoms with Gasteiger partial charge in [-0.25, -0.2) is 15.0 Å². The molecule has 8 aromatic carbocycles. The van der Waals surface area contributed by atoms with Gasteiger partial charge in [0.25, 0.3) is 0 Å². The van der Waals surface area contributed by atoms with Gasteiger partial charge >= 0.3 is 0 Å². The fourth-order valence-corrected chi connectivity index (χ4v) is 8.96. The molecule has 1 aliphatic rings. The summed E-state index contributed by atoms with van der Waals surface area (Å²) in [6.45, 7) is 0. The van der Waals surface area contributed by atoms with E-state index in [1.165, 1.54) is 0 Å². The van der Waals surface area contributed by atoms with E-state index in [4.69, 9.17) is 28.7 Å². The largest absolute Gasteiger partial charge is 0.208 e. The lowest BCUT2D eigenvalue weighted by Gasteiger charge is -2.33. The lowest BCUT2D eigenvalue weighted by Crippen LogP contribution is -2.28. The molecule has 0 fully saturated rings. The summed E-state index contributed by atoms with van der Waals surface area (Å²) in [5.41, 5.74) is 6.16. The van der Waals surface area contributed by atoms with Crippen molar-refractivity contribution in [2.24, 2.45) is 0 Å². The van der Waals surface area contributed by atoms with Crippen molar-refractivity contribution in [2.45, 2.75) is 5.41 Å². The fraction of sp³-hybridized carbons (Fsp3) is 0.0192. The van der Waals surface area contributed by atoms with Gasteiger partial charge in [0, 0.05) is 36.9 Å². The third-order valence-electron chi connectivity index (χ3n) is 10.4. The van der Waals surface area contributed by atoms with Gasteiger partial charge in [-0.05, 0) is 68.7 Å². The van der Waals surface area contributed by atoms with Crippen LogP contribution in [0.3, 0.4) is 0 Å². The predicted molar refractivity (Wildman–Crippen MR) is 232 cm³/mol. The van der Waals surface area contributed by atoms with E-state index in [0.29, 0.717) is 16.7 Å². The molecule has 0 radical (unpaired) electrons. The second-order valence-electron chi connectivity index (χ2n) is 13.4. The first-order valence-corrected chi connectivity index (χ1v) is 18.8. The van der Waals surface area contributed by atoms with Crippen molar-refractivity contribution < 1.29 is 16.4 Å². The molecular formula is C52H33N3S. The van der Waals surface area contributed by atoms with Crippen molar-refractivity contribution in [2.75, 3.05) is 0 Å². The first-order valence-electron chi connectivity index (χ1n) is 24.0. The van der Waals surface area contributed by atoms with Crippen LogP contribution in [0.15, 0.2) is 200 Å². The molecule has 0 aliphatic heterocycles. The molecule has 56 heavy (non-hydrogen) atoms. The molecular weight excluding hydrogens is 699 g/mol. The normalized spacial score (nSPS) is 15.8. The van der Waals surface area contributed by atoms with Gasteiger partial charge in [-0.15, -0.1) is 11.3 Å². The van der Waals surface area contributed by atoms with E-state index in [2.05, 4.69) is 42.5 Å². The van der Waals surface area contributed by atoms with E-state index in [0.717, 1.165) is 44.7 Å². The Morgan fingerprint density at radius 3 is 1.84 bits per heavy atom. The van der Waals surface area contributed by atoms with Crippen LogP contribution in [0.2, 0.25) is 0 Å². The summed E-state index contributed by atoms with van der Waals surface area (Å²) in [4.78, 5) is 14.9. The summed E-state index contributed by atoms with van der Waals surface area (Å²) in [6.07, 6.45) is 0. The second-order valence-corrected chi connectivity index (χ2v) is 14.4. The lowest BCUT2D eigenvalue weighted by molar-refractivity contribution is 0.768.